The fraction of sp³-hybridized carbons (Fsp3) is 0.500. The predicted octanol–water partition coefficient (Wildman–Crippen LogP) is 0.761. The van der Waals surface area contributed by atoms with Crippen LogP contribution >= 0.6 is 23.7 Å². The van der Waals surface area contributed by atoms with Crippen molar-refractivity contribution in [3.8, 4) is 0 Å². The average Bonchev–Trinajstić information content (AvgIpc) is 2.14. The van der Waals surface area contributed by atoms with Crippen LogP contribution in [0.2, 0.25) is 0 Å². The first kappa shape index (κ1) is 8.81. The Morgan fingerprint density at radius 2 is 2.22 bits per heavy atom. The van der Waals surface area contributed by atoms with Crippen molar-refractivity contribution >= 4 is 23.7 Å². The Balaban J connectivity index is 0.000000640. The maximum Gasteiger partial charge on any atom is 0.142 e. The highest BCUT2D eigenvalue weighted by Crippen LogP contribution is 2.06. The van der Waals surface area contributed by atoms with Gasteiger partial charge in [0.1, 0.15) is 10.0 Å². The second-order valence-electron chi connectivity index (χ2n) is 1.37. The Morgan fingerprint density at radius 1 is 1.56 bits per heavy atom. The molecule has 1 rings (SSSR count). The average molecular weight is 167 g/mol. The monoisotopic (exact) mass is 166 g/mol. The molecular formula is C4H7ClN2OS. The standard InChI is InChI=1S/C4H6N2OS.ClH/c1-3-5-6-4(2-7)8-3;/h7H,2H2,1H3;1H. The number of aliphatic hydroxyl groups excluding tert-OH is 1. The quantitative estimate of drug-likeness (QED) is 0.670. The van der Waals surface area contributed by atoms with Crippen molar-refractivity contribution in [1.29, 1.82) is 0 Å². The molecule has 0 saturated heterocycles. The van der Waals surface area contributed by atoms with Crippen LogP contribution in [0.1, 0.15) is 10.0 Å². The van der Waals surface area contributed by atoms with Crippen molar-refractivity contribution in [3.63, 3.8) is 0 Å². The van der Waals surface area contributed by atoms with Crippen molar-refractivity contribution in [3.05, 3.63) is 10.0 Å². The summed E-state index contributed by atoms with van der Waals surface area (Å²) in [5.41, 5.74) is 0. The number of aliphatic hydroxyl groups is 1. The molecule has 0 bridgehead atoms. The minimum absolute atomic E-state index is 0. The van der Waals surface area contributed by atoms with Crippen molar-refractivity contribution in [2.45, 2.75) is 13.5 Å². The number of hydrogen-bond acceptors (Lipinski definition) is 4. The molecule has 1 aromatic heterocycles. The molecule has 0 saturated carbocycles. The zero-order valence-electron chi connectivity index (χ0n) is 4.87. The van der Waals surface area contributed by atoms with Crippen LogP contribution in [0.25, 0.3) is 0 Å². The Hall–Kier alpha value is -0.190. The summed E-state index contributed by atoms with van der Waals surface area (Å²) in [7, 11) is 0. The third-order valence-corrected chi connectivity index (χ3v) is 1.53. The van der Waals surface area contributed by atoms with Gasteiger partial charge in [0.2, 0.25) is 0 Å². The Labute approximate surface area is 63.2 Å². The van der Waals surface area contributed by atoms with E-state index in [-0.39, 0.29) is 19.0 Å². The molecular weight excluding hydrogens is 160 g/mol. The molecule has 0 aromatic carbocycles. The molecule has 0 unspecified atom stereocenters. The summed E-state index contributed by atoms with van der Waals surface area (Å²) in [6.45, 7) is 1.86. The van der Waals surface area contributed by atoms with Gasteiger partial charge in [0.15, 0.2) is 0 Å². The molecule has 0 atom stereocenters. The van der Waals surface area contributed by atoms with Gasteiger partial charge >= 0.3 is 0 Å². The van der Waals surface area contributed by atoms with Gasteiger partial charge in [-0.3, -0.25) is 0 Å². The Kier molecular flexibility index (Phi) is 3.68. The molecule has 52 valence electrons. The van der Waals surface area contributed by atoms with Crippen LogP contribution in [0.15, 0.2) is 0 Å². The molecule has 0 radical (unpaired) electrons. The molecule has 1 heterocycles. The van der Waals surface area contributed by atoms with E-state index in [9.17, 15) is 0 Å². The number of rotatable bonds is 1. The van der Waals surface area contributed by atoms with Gasteiger partial charge in [0, 0.05) is 0 Å². The normalized spacial score (nSPS) is 8.67. The highest BCUT2D eigenvalue weighted by molar-refractivity contribution is 7.11. The van der Waals surface area contributed by atoms with E-state index in [0.717, 1.165) is 5.01 Å². The lowest BCUT2D eigenvalue weighted by Crippen LogP contribution is -1.78. The van der Waals surface area contributed by atoms with Crippen LogP contribution in [0.4, 0.5) is 0 Å². The Bertz CT molecular complexity index is 179. The highest BCUT2D eigenvalue weighted by Gasteiger charge is 1.94. The van der Waals surface area contributed by atoms with Gasteiger partial charge in [-0.15, -0.1) is 22.6 Å². The molecule has 9 heavy (non-hydrogen) atoms. The van der Waals surface area contributed by atoms with Gasteiger partial charge in [-0.25, -0.2) is 0 Å². The lowest BCUT2D eigenvalue weighted by Gasteiger charge is -1.75. The van der Waals surface area contributed by atoms with E-state index in [2.05, 4.69) is 10.2 Å². The van der Waals surface area contributed by atoms with Gasteiger partial charge in [-0.2, -0.15) is 0 Å². The summed E-state index contributed by atoms with van der Waals surface area (Å²) in [6.07, 6.45) is 0. The van der Waals surface area contributed by atoms with E-state index in [1.165, 1.54) is 11.3 Å². The molecule has 1 N–H and O–H groups in total. The third kappa shape index (κ3) is 2.26. The Morgan fingerprint density at radius 3 is 2.44 bits per heavy atom. The summed E-state index contributed by atoms with van der Waals surface area (Å²) in [6, 6.07) is 0. The van der Waals surface area contributed by atoms with Crippen LogP contribution < -0.4 is 0 Å². The minimum atomic E-state index is 0. The van der Waals surface area contributed by atoms with Crippen molar-refractivity contribution in [2.75, 3.05) is 0 Å². The fourth-order valence-electron chi connectivity index (χ4n) is 0.401. The molecule has 0 aliphatic carbocycles. The van der Waals surface area contributed by atoms with Crippen molar-refractivity contribution < 1.29 is 5.11 Å². The molecule has 0 spiro atoms. The van der Waals surface area contributed by atoms with Gasteiger partial charge in [0.25, 0.3) is 0 Å². The highest BCUT2D eigenvalue weighted by atomic mass is 35.5. The zero-order chi connectivity index (χ0) is 5.98. The number of halogens is 1. The SMILES string of the molecule is Cc1nnc(CO)s1.Cl. The molecule has 0 fully saturated rings. The summed E-state index contributed by atoms with van der Waals surface area (Å²) in [5.74, 6) is 0. The van der Waals surface area contributed by atoms with Crippen LogP contribution in [0.5, 0.6) is 0 Å². The largest absolute Gasteiger partial charge is 0.389 e. The lowest BCUT2D eigenvalue weighted by atomic mass is 10.8. The molecule has 0 amide bonds. The molecule has 5 heteroatoms. The first-order chi connectivity index (χ1) is 3.83. The summed E-state index contributed by atoms with van der Waals surface area (Å²) >= 11 is 1.42. The number of aryl methyl sites for hydroxylation is 1. The predicted molar refractivity (Wildman–Crippen MR) is 37.8 cm³/mol. The van der Waals surface area contributed by atoms with E-state index in [4.69, 9.17) is 5.11 Å². The van der Waals surface area contributed by atoms with Crippen LogP contribution in [-0.4, -0.2) is 15.3 Å². The van der Waals surface area contributed by atoms with Crippen molar-refractivity contribution in [2.24, 2.45) is 0 Å². The second kappa shape index (κ2) is 3.76. The third-order valence-electron chi connectivity index (χ3n) is 0.703. The van der Waals surface area contributed by atoms with Crippen LogP contribution in [0.3, 0.4) is 0 Å². The van der Waals surface area contributed by atoms with Gasteiger partial charge in [-0.05, 0) is 6.92 Å². The first-order valence-electron chi connectivity index (χ1n) is 2.23. The number of aromatic nitrogens is 2. The molecule has 0 aliphatic rings. The summed E-state index contributed by atoms with van der Waals surface area (Å²) < 4.78 is 0. The van der Waals surface area contributed by atoms with Crippen LogP contribution in [-0.2, 0) is 6.61 Å². The smallest absolute Gasteiger partial charge is 0.142 e. The first-order valence-corrected chi connectivity index (χ1v) is 3.04. The topological polar surface area (TPSA) is 46.0 Å². The summed E-state index contributed by atoms with van der Waals surface area (Å²) in [5, 5.41) is 17.4. The van der Waals surface area contributed by atoms with E-state index in [1.807, 2.05) is 6.92 Å². The minimum Gasteiger partial charge on any atom is -0.389 e. The zero-order valence-corrected chi connectivity index (χ0v) is 6.50. The van der Waals surface area contributed by atoms with E-state index >= 15 is 0 Å². The van der Waals surface area contributed by atoms with E-state index in [1.54, 1.807) is 0 Å². The lowest BCUT2D eigenvalue weighted by molar-refractivity contribution is 0.280. The molecule has 1 aromatic rings. The number of hydrogen-bond donors (Lipinski definition) is 1. The fourth-order valence-corrected chi connectivity index (χ4v) is 0.970. The van der Waals surface area contributed by atoms with Gasteiger partial charge in [0.05, 0.1) is 6.61 Å². The van der Waals surface area contributed by atoms with E-state index in [0.29, 0.717) is 5.01 Å². The van der Waals surface area contributed by atoms with Crippen LogP contribution in [0, 0.1) is 6.92 Å². The van der Waals surface area contributed by atoms with Gasteiger partial charge in [-0.1, -0.05) is 11.3 Å². The van der Waals surface area contributed by atoms with Gasteiger partial charge < -0.3 is 5.11 Å². The maximum atomic E-state index is 8.46. The number of nitrogens with zero attached hydrogens (tertiary/aromatic N) is 2. The summed E-state index contributed by atoms with van der Waals surface area (Å²) in [4.78, 5) is 0. The van der Waals surface area contributed by atoms with E-state index < -0.39 is 0 Å². The molecule has 3 nitrogen and oxygen atoms in total. The maximum absolute atomic E-state index is 8.46. The molecule has 0 aliphatic heterocycles. The van der Waals surface area contributed by atoms with Crippen molar-refractivity contribution in [1.82, 2.24) is 10.2 Å². The second-order valence-corrected chi connectivity index (χ2v) is 2.64.